The van der Waals surface area contributed by atoms with Crippen LogP contribution in [0.25, 0.3) is 0 Å². The second kappa shape index (κ2) is 4.73. The Morgan fingerprint density at radius 2 is 1.91 bits per heavy atom. The lowest BCUT2D eigenvalue weighted by atomic mass is 9.92. The lowest BCUT2D eigenvalue weighted by molar-refractivity contribution is -0.0468. The van der Waals surface area contributed by atoms with Crippen LogP contribution in [-0.4, -0.2) is 17.4 Å². The molecule has 0 aromatic rings. The zero-order chi connectivity index (χ0) is 8.91. The number of hydrogen-bond acceptors (Lipinski definition) is 2. The quantitative estimate of drug-likeness (QED) is 0.599. The number of rotatable bonds is 5. The fourth-order valence-electron chi connectivity index (χ4n) is 1.29. The summed E-state index contributed by atoms with van der Waals surface area (Å²) in [5.41, 5.74) is -0.649. The second-order valence-corrected chi connectivity index (χ2v) is 3.12. The Morgan fingerprint density at radius 1 is 1.36 bits per heavy atom. The molecular weight excluding hydrogens is 138 g/mol. The molecule has 0 spiro atoms. The largest absolute Gasteiger partial charge is 0.376 e. The Labute approximate surface area is 70.0 Å². The molecule has 0 fully saturated rings. The van der Waals surface area contributed by atoms with Crippen molar-refractivity contribution in [3.05, 3.63) is 0 Å². The molecule has 0 aliphatic rings. The van der Waals surface area contributed by atoms with Gasteiger partial charge in [0.15, 0.2) is 0 Å². The van der Waals surface area contributed by atoms with Crippen molar-refractivity contribution < 1.29 is 5.11 Å². The minimum Gasteiger partial charge on any atom is -0.376 e. The lowest BCUT2D eigenvalue weighted by Crippen LogP contribution is -2.49. The molecule has 0 heterocycles. The Kier molecular flexibility index (Phi) is 4.69. The topological polar surface area (TPSA) is 32.3 Å². The van der Waals surface area contributed by atoms with Crippen LogP contribution < -0.4 is 5.32 Å². The fraction of sp³-hybridized carbons (Fsp3) is 1.00. The van der Waals surface area contributed by atoms with Gasteiger partial charge in [-0.25, -0.2) is 0 Å². The van der Waals surface area contributed by atoms with Gasteiger partial charge in [-0.3, -0.25) is 5.32 Å². The van der Waals surface area contributed by atoms with Gasteiger partial charge in [0.25, 0.3) is 0 Å². The highest BCUT2D eigenvalue weighted by molar-refractivity contribution is 4.78. The summed E-state index contributed by atoms with van der Waals surface area (Å²) >= 11 is 0. The van der Waals surface area contributed by atoms with Crippen molar-refractivity contribution in [2.45, 2.75) is 46.3 Å². The Bertz CT molecular complexity index is 106. The van der Waals surface area contributed by atoms with Crippen molar-refractivity contribution in [3.8, 4) is 0 Å². The maximum atomic E-state index is 9.98. The van der Waals surface area contributed by atoms with E-state index in [-0.39, 0.29) is 0 Å². The molecule has 0 amide bonds. The van der Waals surface area contributed by atoms with Crippen LogP contribution in [0.3, 0.4) is 0 Å². The van der Waals surface area contributed by atoms with E-state index in [1.165, 1.54) is 0 Å². The highest BCUT2D eigenvalue weighted by Gasteiger charge is 2.28. The van der Waals surface area contributed by atoms with E-state index in [9.17, 15) is 5.11 Å². The van der Waals surface area contributed by atoms with E-state index < -0.39 is 5.72 Å². The van der Waals surface area contributed by atoms with Gasteiger partial charge in [0.2, 0.25) is 0 Å². The molecule has 0 saturated carbocycles. The third-order valence-corrected chi connectivity index (χ3v) is 2.45. The predicted octanol–water partition coefficient (Wildman–Crippen LogP) is 1.74. The molecule has 2 nitrogen and oxygen atoms in total. The van der Waals surface area contributed by atoms with Gasteiger partial charge in [-0.2, -0.15) is 0 Å². The molecule has 0 aliphatic carbocycles. The van der Waals surface area contributed by atoms with Crippen molar-refractivity contribution >= 4 is 0 Å². The van der Waals surface area contributed by atoms with E-state index in [1.807, 2.05) is 13.8 Å². The Morgan fingerprint density at radius 3 is 2.18 bits per heavy atom. The minimum atomic E-state index is -0.649. The van der Waals surface area contributed by atoms with Crippen molar-refractivity contribution in [1.29, 1.82) is 0 Å². The van der Waals surface area contributed by atoms with Crippen LogP contribution in [-0.2, 0) is 0 Å². The van der Waals surface area contributed by atoms with Gasteiger partial charge in [0.05, 0.1) is 0 Å². The van der Waals surface area contributed by atoms with Crippen LogP contribution >= 0.6 is 0 Å². The second-order valence-electron chi connectivity index (χ2n) is 3.12. The zero-order valence-corrected chi connectivity index (χ0v) is 8.15. The predicted molar refractivity (Wildman–Crippen MR) is 48.4 cm³/mol. The SMILES string of the molecule is CCNC(O)(CC)C(C)CC. The number of nitrogens with one attached hydrogen (secondary N) is 1. The molecule has 68 valence electrons. The van der Waals surface area contributed by atoms with Crippen LogP contribution in [0.4, 0.5) is 0 Å². The van der Waals surface area contributed by atoms with Crippen LogP contribution in [0.2, 0.25) is 0 Å². The van der Waals surface area contributed by atoms with Gasteiger partial charge in [-0.15, -0.1) is 0 Å². The Hall–Kier alpha value is -0.0800. The molecule has 2 atom stereocenters. The van der Waals surface area contributed by atoms with Crippen LogP contribution in [0.1, 0.15) is 40.5 Å². The number of hydrogen-bond donors (Lipinski definition) is 2. The molecule has 0 saturated heterocycles. The highest BCUT2D eigenvalue weighted by atomic mass is 16.3. The van der Waals surface area contributed by atoms with Crippen molar-refractivity contribution in [2.24, 2.45) is 5.92 Å². The molecule has 0 aliphatic heterocycles. The van der Waals surface area contributed by atoms with Crippen molar-refractivity contribution in [1.82, 2.24) is 5.32 Å². The molecule has 2 N–H and O–H groups in total. The van der Waals surface area contributed by atoms with E-state index in [0.717, 1.165) is 19.4 Å². The van der Waals surface area contributed by atoms with E-state index in [1.54, 1.807) is 0 Å². The first kappa shape index (κ1) is 10.9. The standard InChI is InChI=1S/C9H21NO/c1-5-8(4)9(11,6-2)10-7-3/h8,10-11H,5-7H2,1-4H3. The molecule has 0 rings (SSSR count). The average molecular weight is 159 g/mol. The molecule has 0 radical (unpaired) electrons. The summed E-state index contributed by atoms with van der Waals surface area (Å²) in [6.45, 7) is 9.03. The minimum absolute atomic E-state index is 0.326. The molecule has 0 aromatic heterocycles. The summed E-state index contributed by atoms with van der Waals surface area (Å²) in [6, 6.07) is 0. The maximum absolute atomic E-state index is 9.98. The first-order valence-corrected chi connectivity index (χ1v) is 4.58. The highest BCUT2D eigenvalue weighted by Crippen LogP contribution is 2.20. The van der Waals surface area contributed by atoms with Crippen LogP contribution in [0.5, 0.6) is 0 Å². The summed E-state index contributed by atoms with van der Waals surface area (Å²) in [5.74, 6) is 0.326. The summed E-state index contributed by atoms with van der Waals surface area (Å²) < 4.78 is 0. The van der Waals surface area contributed by atoms with E-state index >= 15 is 0 Å². The van der Waals surface area contributed by atoms with Crippen molar-refractivity contribution in [3.63, 3.8) is 0 Å². The third-order valence-electron chi connectivity index (χ3n) is 2.45. The molecular formula is C9H21NO. The normalized spacial score (nSPS) is 19.4. The summed E-state index contributed by atoms with van der Waals surface area (Å²) in [4.78, 5) is 0. The van der Waals surface area contributed by atoms with Crippen LogP contribution in [0.15, 0.2) is 0 Å². The fourth-order valence-corrected chi connectivity index (χ4v) is 1.29. The summed E-state index contributed by atoms with van der Waals surface area (Å²) in [7, 11) is 0. The van der Waals surface area contributed by atoms with E-state index in [2.05, 4.69) is 19.2 Å². The van der Waals surface area contributed by atoms with Gasteiger partial charge >= 0.3 is 0 Å². The van der Waals surface area contributed by atoms with Gasteiger partial charge in [0, 0.05) is 0 Å². The van der Waals surface area contributed by atoms with Crippen LogP contribution in [0, 0.1) is 5.92 Å². The Balaban J connectivity index is 4.07. The van der Waals surface area contributed by atoms with Gasteiger partial charge in [-0.1, -0.05) is 27.7 Å². The smallest absolute Gasteiger partial charge is 0.118 e. The first-order valence-electron chi connectivity index (χ1n) is 4.58. The van der Waals surface area contributed by atoms with Gasteiger partial charge in [-0.05, 0) is 25.3 Å². The number of aliphatic hydroxyl groups is 1. The monoisotopic (exact) mass is 159 g/mol. The zero-order valence-electron chi connectivity index (χ0n) is 8.15. The maximum Gasteiger partial charge on any atom is 0.118 e. The summed E-state index contributed by atoms with van der Waals surface area (Å²) in [6.07, 6.45) is 1.78. The average Bonchev–Trinajstić information content (AvgIpc) is 2.03. The molecule has 11 heavy (non-hydrogen) atoms. The van der Waals surface area contributed by atoms with E-state index in [4.69, 9.17) is 0 Å². The lowest BCUT2D eigenvalue weighted by Gasteiger charge is -2.33. The van der Waals surface area contributed by atoms with Crippen molar-refractivity contribution in [2.75, 3.05) is 6.54 Å². The molecule has 0 aromatic carbocycles. The molecule has 2 heteroatoms. The molecule has 0 bridgehead atoms. The summed E-state index contributed by atoms with van der Waals surface area (Å²) in [5, 5.41) is 13.1. The van der Waals surface area contributed by atoms with E-state index in [0.29, 0.717) is 5.92 Å². The third kappa shape index (κ3) is 2.80. The molecule has 2 unspecified atom stereocenters. The van der Waals surface area contributed by atoms with Gasteiger partial charge in [0.1, 0.15) is 5.72 Å². The first-order chi connectivity index (χ1) is 5.10. The van der Waals surface area contributed by atoms with Gasteiger partial charge < -0.3 is 5.11 Å².